The van der Waals surface area contributed by atoms with Crippen LogP contribution in [0.5, 0.6) is 0 Å². The van der Waals surface area contributed by atoms with Gasteiger partial charge in [-0.3, -0.25) is 0 Å². The van der Waals surface area contributed by atoms with E-state index in [0.717, 1.165) is 4.46 Å². The summed E-state index contributed by atoms with van der Waals surface area (Å²) in [6, 6.07) is 18.3. The van der Waals surface area contributed by atoms with Crippen LogP contribution in [0, 0.1) is 0 Å². The van der Waals surface area contributed by atoms with E-state index in [2.05, 4.69) is 0 Å². The molecule has 0 amide bonds. The van der Waals surface area contributed by atoms with Crippen molar-refractivity contribution in [3.8, 4) is 0 Å². The van der Waals surface area contributed by atoms with Crippen LogP contribution < -0.4 is 15.7 Å². The van der Waals surface area contributed by atoms with Crippen molar-refractivity contribution in [1.29, 1.82) is 0 Å². The van der Waals surface area contributed by atoms with Crippen molar-refractivity contribution in [1.82, 2.24) is 9.13 Å². The quantitative estimate of drug-likeness (QED) is 0.539. The van der Waals surface area contributed by atoms with Crippen molar-refractivity contribution in [2.45, 2.75) is 19.4 Å². The van der Waals surface area contributed by atoms with Gasteiger partial charge in [-0.15, -0.1) is 0 Å². The van der Waals surface area contributed by atoms with Crippen LogP contribution in [0.4, 0.5) is 0 Å². The zero-order valence-electron chi connectivity index (χ0n) is 15.1. The third-order valence-electron chi connectivity index (χ3n) is 4.15. The molecule has 1 atom stereocenters. The Bertz CT molecular complexity index is 1100. The number of aromatic nitrogens is 2. The molecule has 1 unspecified atom stereocenters. The molecule has 0 N–H and O–H groups in total. The maximum absolute atomic E-state index is 12.8. The number of carbonyl (C=O) groups is 2. The molecule has 0 aliphatic heterocycles. The van der Waals surface area contributed by atoms with Gasteiger partial charge in [0.25, 0.3) is 0 Å². The predicted molar refractivity (Wildman–Crippen MR) is 107 cm³/mol. The Morgan fingerprint density at radius 3 is 2.18 bits per heavy atom. The Hall–Kier alpha value is -3.02. The van der Waals surface area contributed by atoms with E-state index in [0.29, 0.717) is 4.57 Å². The topological polar surface area (TPSA) is 78.1 Å². The predicted octanol–water partition coefficient (Wildman–Crippen LogP) is 1.21. The third kappa shape index (κ3) is 4.44. The molecular weight excluding hydrogens is 423 g/mol. The van der Waals surface area contributed by atoms with Gasteiger partial charge in [-0.2, -0.15) is 0 Å². The zero-order chi connectivity index (χ0) is 20.1. The molecule has 1 aromatic heterocycles. The normalized spacial score (nSPS) is 11.8. The van der Waals surface area contributed by atoms with E-state index < -0.39 is 23.2 Å². The summed E-state index contributed by atoms with van der Waals surface area (Å²) in [7, 11) is 0. The molecule has 6 nitrogen and oxygen atoms in total. The molecule has 0 aliphatic rings. The number of rotatable bonds is 6. The average molecular weight is 441 g/mol. The van der Waals surface area contributed by atoms with Crippen LogP contribution >= 0.6 is 0 Å². The molecule has 28 heavy (non-hydrogen) atoms. The number of benzene rings is 2. The van der Waals surface area contributed by atoms with E-state index in [1.807, 2.05) is 30.3 Å². The van der Waals surface area contributed by atoms with Crippen molar-refractivity contribution < 1.29 is 9.59 Å². The summed E-state index contributed by atoms with van der Waals surface area (Å²) in [6.07, 6.45) is 1.49. The van der Waals surface area contributed by atoms with Crippen LogP contribution in [0.2, 0.25) is 0 Å². The summed E-state index contributed by atoms with van der Waals surface area (Å²) in [5, 5.41) is 0. The summed E-state index contributed by atoms with van der Waals surface area (Å²) in [4.78, 5) is 49.9. The second-order valence-electron chi connectivity index (χ2n) is 6.19. The molecule has 0 fully saturated rings. The zero-order valence-corrected chi connectivity index (χ0v) is 16.9. The molecule has 7 heteroatoms. The molecule has 0 bridgehead atoms. The first-order valence-corrected chi connectivity index (χ1v) is 10.4. The fourth-order valence-corrected chi connectivity index (χ4v) is 4.57. The van der Waals surface area contributed by atoms with Crippen LogP contribution in [-0.4, -0.2) is 34.7 Å². The van der Waals surface area contributed by atoms with Crippen molar-refractivity contribution in [2.24, 2.45) is 0 Å². The van der Waals surface area contributed by atoms with Crippen molar-refractivity contribution >= 4 is 30.0 Å². The Labute approximate surface area is 167 Å². The monoisotopic (exact) mass is 442 g/mol. The van der Waals surface area contributed by atoms with E-state index in [9.17, 15) is 19.2 Å². The van der Waals surface area contributed by atoms with Crippen LogP contribution in [0.1, 0.15) is 29.7 Å². The Kier molecular flexibility index (Phi) is 6.19. The fraction of sp³-hybridized carbons (Fsp3) is 0.143. The summed E-state index contributed by atoms with van der Waals surface area (Å²) in [5.41, 5.74) is -1.19. The number of hydrogen-bond acceptors (Lipinski definition) is 4. The fourth-order valence-electron chi connectivity index (χ4n) is 2.73. The molecule has 1 heterocycles. The maximum atomic E-state index is 12.8. The Balaban J connectivity index is 1.84. The van der Waals surface area contributed by atoms with Crippen LogP contribution in [0.15, 0.2) is 82.5 Å². The summed E-state index contributed by atoms with van der Waals surface area (Å²) >= 11 is -0.354. The summed E-state index contributed by atoms with van der Waals surface area (Å²) in [6.45, 7) is 1.72. The molecule has 0 radical (unpaired) electrons. The van der Waals surface area contributed by atoms with E-state index >= 15 is 0 Å². The van der Waals surface area contributed by atoms with Crippen LogP contribution in [0.3, 0.4) is 0 Å². The number of nitrogens with zero attached hydrogens (tertiary/aromatic N) is 2. The van der Waals surface area contributed by atoms with Gasteiger partial charge in [0.1, 0.15) is 0 Å². The average Bonchev–Trinajstić information content (AvgIpc) is 2.69. The Morgan fingerprint density at radius 1 is 0.929 bits per heavy atom. The van der Waals surface area contributed by atoms with Crippen molar-refractivity contribution in [2.75, 3.05) is 0 Å². The van der Waals surface area contributed by atoms with E-state index in [-0.39, 0.29) is 31.6 Å². The molecular formula is C21H18N2O4Se. The van der Waals surface area contributed by atoms with E-state index in [4.69, 9.17) is 0 Å². The van der Waals surface area contributed by atoms with Gasteiger partial charge in [0.05, 0.1) is 0 Å². The Morgan fingerprint density at radius 2 is 1.54 bits per heavy atom. The van der Waals surface area contributed by atoms with Gasteiger partial charge >= 0.3 is 167 Å². The van der Waals surface area contributed by atoms with E-state index in [1.165, 1.54) is 16.8 Å². The molecule has 0 spiro atoms. The van der Waals surface area contributed by atoms with Crippen molar-refractivity contribution in [3.63, 3.8) is 0 Å². The molecule has 0 saturated carbocycles. The number of carbonyl (C=O) groups excluding carboxylic acids is 2. The molecule has 0 saturated heterocycles. The molecule has 0 aliphatic carbocycles. The van der Waals surface area contributed by atoms with Gasteiger partial charge in [-0.05, 0) is 0 Å². The van der Waals surface area contributed by atoms with Gasteiger partial charge in [0.2, 0.25) is 0 Å². The van der Waals surface area contributed by atoms with Gasteiger partial charge in [-0.25, -0.2) is 0 Å². The van der Waals surface area contributed by atoms with Gasteiger partial charge in [-0.1, -0.05) is 0 Å². The van der Waals surface area contributed by atoms with Gasteiger partial charge in [0, 0.05) is 0 Å². The minimum atomic E-state index is -0.742. The number of hydrogen-bond donors (Lipinski definition) is 0. The molecule has 2 aromatic carbocycles. The SMILES string of the molecule is CC(CC(=O)[Se]c1ccccc1)n1ccc(=O)n(C(=O)c2ccccc2)c1=O. The second kappa shape index (κ2) is 8.78. The van der Waals surface area contributed by atoms with E-state index in [1.54, 1.807) is 37.3 Å². The minimum absolute atomic E-state index is 0.0326. The first-order chi connectivity index (χ1) is 13.5. The second-order valence-corrected chi connectivity index (χ2v) is 8.56. The van der Waals surface area contributed by atoms with Crippen molar-refractivity contribution in [3.05, 3.63) is 99.3 Å². The molecule has 3 rings (SSSR count). The standard InChI is InChI=1S/C21H18N2O4Se/c1-15(14-19(25)28-17-10-6-3-7-11-17)22-13-12-18(24)23(21(22)27)20(26)16-8-4-2-5-9-16/h2-13,15H,14H2,1H3. The summed E-state index contributed by atoms with van der Waals surface area (Å²) < 4.78 is 2.87. The van der Waals surface area contributed by atoms with Crippen LogP contribution in [-0.2, 0) is 4.79 Å². The van der Waals surface area contributed by atoms with Crippen LogP contribution in [0.25, 0.3) is 0 Å². The first kappa shape index (κ1) is 19.7. The first-order valence-electron chi connectivity index (χ1n) is 8.67. The van der Waals surface area contributed by atoms with Gasteiger partial charge < -0.3 is 0 Å². The molecule has 3 aromatic rings. The third-order valence-corrected chi connectivity index (χ3v) is 6.04. The summed E-state index contributed by atoms with van der Waals surface area (Å²) in [5.74, 6) is -0.683. The molecule has 142 valence electrons. The van der Waals surface area contributed by atoms with Gasteiger partial charge in [0.15, 0.2) is 0 Å².